The third-order valence-electron chi connectivity index (χ3n) is 3.44. The Morgan fingerprint density at radius 1 is 0.900 bits per heavy atom. The Morgan fingerprint density at radius 2 is 1.50 bits per heavy atom. The van der Waals surface area contributed by atoms with Crippen molar-refractivity contribution in [3.8, 4) is 5.75 Å². The van der Waals surface area contributed by atoms with Crippen molar-refractivity contribution in [2.45, 2.75) is 6.92 Å². The molecule has 0 fully saturated rings. The zero-order valence-corrected chi connectivity index (χ0v) is 11.2. The lowest BCUT2D eigenvalue weighted by molar-refractivity contribution is 0.0925. The monoisotopic (exact) mass is 267 g/mol. The standard InChI is InChI=1S/C16H13NO3/c1-10-6-5-9-13(20-2)14(10)17-15(18)11-7-3-4-8-12(11)16(17)19/h3-9H,1-2H3. The number of anilines is 1. The molecule has 4 nitrogen and oxygen atoms in total. The van der Waals surface area contributed by atoms with E-state index in [1.807, 2.05) is 19.1 Å². The molecule has 1 aliphatic rings. The molecule has 0 N–H and O–H groups in total. The van der Waals surface area contributed by atoms with Gasteiger partial charge in [0.05, 0.1) is 23.9 Å². The second kappa shape index (κ2) is 4.49. The lowest BCUT2D eigenvalue weighted by Gasteiger charge is -2.19. The number of methoxy groups -OCH3 is 1. The Balaban J connectivity index is 2.19. The van der Waals surface area contributed by atoms with E-state index in [0.29, 0.717) is 22.6 Å². The fraction of sp³-hybridized carbons (Fsp3) is 0.125. The average molecular weight is 267 g/mol. The van der Waals surface area contributed by atoms with Gasteiger partial charge in [0.15, 0.2) is 0 Å². The molecular formula is C16H13NO3. The van der Waals surface area contributed by atoms with Crippen LogP contribution in [0.25, 0.3) is 0 Å². The van der Waals surface area contributed by atoms with Crippen LogP contribution < -0.4 is 9.64 Å². The van der Waals surface area contributed by atoms with Gasteiger partial charge in [0, 0.05) is 0 Å². The molecule has 2 aromatic rings. The summed E-state index contributed by atoms with van der Waals surface area (Å²) in [6.45, 7) is 1.85. The van der Waals surface area contributed by atoms with Gasteiger partial charge in [-0.2, -0.15) is 0 Å². The summed E-state index contributed by atoms with van der Waals surface area (Å²) in [6.07, 6.45) is 0. The fourth-order valence-corrected chi connectivity index (χ4v) is 2.48. The summed E-state index contributed by atoms with van der Waals surface area (Å²) in [5.41, 5.74) is 2.20. The molecule has 3 rings (SSSR count). The summed E-state index contributed by atoms with van der Waals surface area (Å²) >= 11 is 0. The minimum absolute atomic E-state index is 0.307. The van der Waals surface area contributed by atoms with Gasteiger partial charge in [-0.05, 0) is 30.7 Å². The van der Waals surface area contributed by atoms with Crippen LogP contribution in [0.5, 0.6) is 5.75 Å². The van der Waals surface area contributed by atoms with Gasteiger partial charge in [0.2, 0.25) is 0 Å². The number of fused-ring (bicyclic) bond motifs is 1. The Labute approximate surface area is 116 Å². The number of hydrogen-bond acceptors (Lipinski definition) is 3. The highest BCUT2D eigenvalue weighted by atomic mass is 16.5. The van der Waals surface area contributed by atoms with Crippen LogP contribution in [0.1, 0.15) is 26.3 Å². The number of para-hydroxylation sites is 1. The largest absolute Gasteiger partial charge is 0.495 e. The van der Waals surface area contributed by atoms with Gasteiger partial charge in [0.25, 0.3) is 11.8 Å². The Morgan fingerprint density at radius 3 is 2.05 bits per heavy atom. The molecule has 0 atom stereocenters. The van der Waals surface area contributed by atoms with Crippen LogP contribution in [0.3, 0.4) is 0 Å². The summed E-state index contributed by atoms with van der Waals surface area (Å²) in [4.78, 5) is 26.1. The van der Waals surface area contributed by atoms with Crippen LogP contribution in [0.15, 0.2) is 42.5 Å². The maximum Gasteiger partial charge on any atom is 0.266 e. The minimum Gasteiger partial charge on any atom is -0.495 e. The number of benzene rings is 2. The first-order chi connectivity index (χ1) is 9.65. The highest BCUT2D eigenvalue weighted by molar-refractivity contribution is 6.35. The molecule has 20 heavy (non-hydrogen) atoms. The van der Waals surface area contributed by atoms with Crippen LogP contribution in [-0.2, 0) is 0 Å². The topological polar surface area (TPSA) is 46.6 Å². The number of amides is 2. The normalized spacial score (nSPS) is 13.6. The predicted octanol–water partition coefficient (Wildman–Crippen LogP) is 2.80. The first-order valence-electron chi connectivity index (χ1n) is 6.26. The molecule has 1 aliphatic heterocycles. The lowest BCUT2D eigenvalue weighted by atomic mass is 10.1. The fourth-order valence-electron chi connectivity index (χ4n) is 2.48. The van der Waals surface area contributed by atoms with Gasteiger partial charge >= 0.3 is 0 Å². The van der Waals surface area contributed by atoms with E-state index in [2.05, 4.69) is 0 Å². The van der Waals surface area contributed by atoms with Gasteiger partial charge in [-0.15, -0.1) is 0 Å². The lowest BCUT2D eigenvalue weighted by Crippen LogP contribution is -2.30. The number of carbonyl (C=O) groups excluding carboxylic acids is 2. The average Bonchev–Trinajstić information content (AvgIpc) is 2.72. The molecule has 0 saturated heterocycles. The minimum atomic E-state index is -0.307. The second-order valence-corrected chi connectivity index (χ2v) is 4.62. The molecule has 0 bridgehead atoms. The van der Waals surface area contributed by atoms with Crippen molar-refractivity contribution in [1.82, 2.24) is 0 Å². The quantitative estimate of drug-likeness (QED) is 0.786. The zero-order valence-electron chi connectivity index (χ0n) is 11.2. The highest BCUT2D eigenvalue weighted by Crippen LogP contribution is 2.37. The second-order valence-electron chi connectivity index (χ2n) is 4.62. The molecule has 100 valence electrons. The molecule has 0 saturated carbocycles. The molecule has 2 amide bonds. The van der Waals surface area contributed by atoms with Crippen molar-refractivity contribution in [3.63, 3.8) is 0 Å². The summed E-state index contributed by atoms with van der Waals surface area (Å²) in [6, 6.07) is 12.3. The maximum absolute atomic E-state index is 12.5. The molecule has 0 spiro atoms. The van der Waals surface area contributed by atoms with E-state index in [4.69, 9.17) is 4.74 Å². The van der Waals surface area contributed by atoms with Crippen molar-refractivity contribution in [2.75, 3.05) is 12.0 Å². The van der Waals surface area contributed by atoms with E-state index in [1.54, 1.807) is 30.3 Å². The third kappa shape index (κ3) is 1.61. The van der Waals surface area contributed by atoms with E-state index in [9.17, 15) is 9.59 Å². The first kappa shape index (κ1) is 12.4. The smallest absolute Gasteiger partial charge is 0.266 e. The molecule has 0 unspecified atom stereocenters. The van der Waals surface area contributed by atoms with Crippen LogP contribution in [0.2, 0.25) is 0 Å². The predicted molar refractivity (Wildman–Crippen MR) is 75.3 cm³/mol. The van der Waals surface area contributed by atoms with Gasteiger partial charge in [-0.25, -0.2) is 4.90 Å². The van der Waals surface area contributed by atoms with E-state index < -0.39 is 0 Å². The molecule has 4 heteroatoms. The highest BCUT2D eigenvalue weighted by Gasteiger charge is 2.38. The summed E-state index contributed by atoms with van der Waals surface area (Å²) in [5, 5.41) is 0. The van der Waals surface area contributed by atoms with Gasteiger partial charge in [-0.3, -0.25) is 9.59 Å². The van der Waals surface area contributed by atoms with Gasteiger partial charge in [0.1, 0.15) is 5.75 Å². The van der Waals surface area contributed by atoms with Gasteiger partial charge < -0.3 is 4.74 Å². The SMILES string of the molecule is COc1cccc(C)c1N1C(=O)c2ccccc2C1=O. The van der Waals surface area contributed by atoms with Crippen molar-refractivity contribution in [3.05, 3.63) is 59.2 Å². The number of aryl methyl sites for hydroxylation is 1. The van der Waals surface area contributed by atoms with Crippen molar-refractivity contribution >= 4 is 17.5 Å². The van der Waals surface area contributed by atoms with E-state index in [1.165, 1.54) is 12.0 Å². The Kier molecular flexibility index (Phi) is 2.79. The zero-order chi connectivity index (χ0) is 14.3. The number of hydrogen-bond donors (Lipinski definition) is 0. The van der Waals surface area contributed by atoms with Crippen LogP contribution in [-0.4, -0.2) is 18.9 Å². The molecule has 2 aromatic carbocycles. The van der Waals surface area contributed by atoms with Crippen LogP contribution in [0.4, 0.5) is 5.69 Å². The summed E-state index contributed by atoms with van der Waals surface area (Å²) < 4.78 is 5.29. The number of nitrogens with zero attached hydrogens (tertiary/aromatic N) is 1. The number of carbonyl (C=O) groups is 2. The van der Waals surface area contributed by atoms with E-state index in [0.717, 1.165) is 5.56 Å². The first-order valence-corrected chi connectivity index (χ1v) is 6.26. The van der Waals surface area contributed by atoms with Crippen LogP contribution >= 0.6 is 0 Å². The number of rotatable bonds is 2. The molecular weight excluding hydrogens is 254 g/mol. The molecule has 1 heterocycles. The van der Waals surface area contributed by atoms with Crippen LogP contribution in [0, 0.1) is 6.92 Å². The Hall–Kier alpha value is -2.62. The van der Waals surface area contributed by atoms with Crippen molar-refractivity contribution < 1.29 is 14.3 Å². The summed E-state index contributed by atoms with van der Waals surface area (Å²) in [5.74, 6) is -0.101. The van der Waals surface area contributed by atoms with Crippen molar-refractivity contribution in [1.29, 1.82) is 0 Å². The van der Waals surface area contributed by atoms with Gasteiger partial charge in [-0.1, -0.05) is 24.3 Å². The number of ether oxygens (including phenoxy) is 1. The molecule has 0 aliphatic carbocycles. The Bertz CT molecular complexity index is 686. The molecule has 0 aromatic heterocycles. The maximum atomic E-state index is 12.5. The molecule has 0 radical (unpaired) electrons. The van der Waals surface area contributed by atoms with Crippen molar-refractivity contribution in [2.24, 2.45) is 0 Å². The number of imide groups is 1. The van der Waals surface area contributed by atoms with E-state index in [-0.39, 0.29) is 11.8 Å². The van der Waals surface area contributed by atoms with E-state index >= 15 is 0 Å². The third-order valence-corrected chi connectivity index (χ3v) is 3.44. The summed E-state index contributed by atoms with van der Waals surface area (Å²) in [7, 11) is 1.52.